The largest absolute Gasteiger partial charge is 0.493 e. The number of nitrogens with one attached hydrogen (secondary N) is 2. The first-order valence-corrected chi connectivity index (χ1v) is 10.3. The van der Waals surface area contributed by atoms with E-state index < -0.39 is 0 Å². The van der Waals surface area contributed by atoms with Crippen molar-refractivity contribution in [1.29, 1.82) is 0 Å². The zero-order valence-electron chi connectivity index (χ0n) is 17.6. The summed E-state index contributed by atoms with van der Waals surface area (Å²) in [5.41, 5.74) is 1.99. The Balaban J connectivity index is 1.65. The van der Waals surface area contributed by atoms with Gasteiger partial charge in [-0.2, -0.15) is 0 Å². The van der Waals surface area contributed by atoms with E-state index in [0.29, 0.717) is 24.6 Å². The van der Waals surface area contributed by atoms with Crippen molar-refractivity contribution < 1.29 is 19.0 Å². The van der Waals surface area contributed by atoms with E-state index in [0.717, 1.165) is 36.5 Å². The highest BCUT2D eigenvalue weighted by molar-refractivity contribution is 5.80. The fraction of sp³-hybridized carbons (Fsp3) is 0.435. The van der Waals surface area contributed by atoms with Crippen molar-refractivity contribution >= 4 is 5.96 Å². The standard InChI is InChI=1S/C23H30FN3O3/c1-3-25-22(27-16-23(9-10-23)18-5-4-6-19(24)14-18)26-15-17-7-8-20(30-12-11-28)21(13-17)29-2/h4-8,13-14,28H,3,9-12,15-16H2,1-2H3,(H2,25,26,27). The van der Waals surface area contributed by atoms with Crippen LogP contribution in [0, 0.1) is 5.82 Å². The lowest BCUT2D eigenvalue weighted by Gasteiger charge is -2.19. The number of aliphatic hydroxyl groups is 1. The van der Waals surface area contributed by atoms with Crippen LogP contribution in [0.4, 0.5) is 4.39 Å². The molecule has 0 aromatic heterocycles. The second-order valence-corrected chi connectivity index (χ2v) is 7.40. The van der Waals surface area contributed by atoms with Gasteiger partial charge in [0.2, 0.25) is 0 Å². The Kier molecular flexibility index (Phi) is 7.52. The van der Waals surface area contributed by atoms with E-state index in [1.807, 2.05) is 31.2 Å². The summed E-state index contributed by atoms with van der Waals surface area (Å²) >= 11 is 0. The normalized spacial score (nSPS) is 14.9. The molecule has 2 aromatic rings. The summed E-state index contributed by atoms with van der Waals surface area (Å²) in [6, 6.07) is 12.5. The highest BCUT2D eigenvalue weighted by atomic mass is 19.1. The molecule has 2 aromatic carbocycles. The molecule has 0 amide bonds. The van der Waals surface area contributed by atoms with Crippen molar-refractivity contribution in [2.24, 2.45) is 4.99 Å². The van der Waals surface area contributed by atoms with Crippen molar-refractivity contribution in [3.05, 3.63) is 59.4 Å². The zero-order valence-corrected chi connectivity index (χ0v) is 17.6. The minimum atomic E-state index is -0.195. The predicted octanol–water partition coefficient (Wildman–Crippen LogP) is 2.99. The SMILES string of the molecule is CCNC(=NCc1ccc(OCCO)c(OC)c1)NCC1(c2cccc(F)c2)CC1. The van der Waals surface area contributed by atoms with Gasteiger partial charge < -0.3 is 25.2 Å². The molecule has 1 aliphatic rings. The van der Waals surface area contributed by atoms with Crippen molar-refractivity contribution in [3.8, 4) is 11.5 Å². The molecule has 6 nitrogen and oxygen atoms in total. The molecule has 1 aliphatic carbocycles. The van der Waals surface area contributed by atoms with Crippen LogP contribution in [-0.2, 0) is 12.0 Å². The van der Waals surface area contributed by atoms with Gasteiger partial charge in [0.1, 0.15) is 12.4 Å². The van der Waals surface area contributed by atoms with Crippen LogP contribution in [0.25, 0.3) is 0 Å². The quantitative estimate of drug-likeness (QED) is 0.411. The number of ether oxygens (including phenoxy) is 2. The number of hydrogen-bond acceptors (Lipinski definition) is 4. The van der Waals surface area contributed by atoms with Crippen LogP contribution in [0.2, 0.25) is 0 Å². The molecule has 0 bridgehead atoms. The van der Waals surface area contributed by atoms with Crippen molar-refractivity contribution in [1.82, 2.24) is 10.6 Å². The summed E-state index contributed by atoms with van der Waals surface area (Å²) in [7, 11) is 1.58. The molecule has 1 fully saturated rings. The van der Waals surface area contributed by atoms with Crippen molar-refractivity contribution in [2.75, 3.05) is 33.4 Å². The van der Waals surface area contributed by atoms with E-state index in [4.69, 9.17) is 14.6 Å². The first-order chi connectivity index (χ1) is 14.6. The summed E-state index contributed by atoms with van der Waals surface area (Å²) in [4.78, 5) is 4.68. The van der Waals surface area contributed by atoms with E-state index in [1.54, 1.807) is 19.2 Å². The second-order valence-electron chi connectivity index (χ2n) is 7.40. The summed E-state index contributed by atoms with van der Waals surface area (Å²) in [5.74, 6) is 1.73. The van der Waals surface area contributed by atoms with Crippen LogP contribution in [-0.4, -0.2) is 44.5 Å². The third-order valence-corrected chi connectivity index (χ3v) is 5.23. The number of nitrogens with zero attached hydrogens (tertiary/aromatic N) is 1. The molecule has 0 heterocycles. The van der Waals surface area contributed by atoms with E-state index in [9.17, 15) is 4.39 Å². The monoisotopic (exact) mass is 415 g/mol. The first kappa shape index (κ1) is 21.9. The Bertz CT molecular complexity index is 869. The number of hydrogen-bond donors (Lipinski definition) is 3. The van der Waals surface area contributed by atoms with Crippen LogP contribution in [0.5, 0.6) is 11.5 Å². The Hall–Kier alpha value is -2.80. The predicted molar refractivity (Wildman–Crippen MR) is 116 cm³/mol. The Morgan fingerprint density at radius 1 is 1.17 bits per heavy atom. The molecule has 0 radical (unpaired) electrons. The maximum Gasteiger partial charge on any atom is 0.191 e. The van der Waals surface area contributed by atoms with E-state index in [2.05, 4.69) is 15.6 Å². The number of aliphatic imine (C=N–C) groups is 1. The second kappa shape index (κ2) is 10.3. The molecule has 162 valence electrons. The lowest BCUT2D eigenvalue weighted by Crippen LogP contribution is -2.41. The maximum atomic E-state index is 13.6. The van der Waals surface area contributed by atoms with Gasteiger partial charge in [0, 0.05) is 18.5 Å². The molecule has 30 heavy (non-hydrogen) atoms. The van der Waals surface area contributed by atoms with Gasteiger partial charge in [-0.3, -0.25) is 0 Å². The smallest absolute Gasteiger partial charge is 0.191 e. The average molecular weight is 416 g/mol. The third-order valence-electron chi connectivity index (χ3n) is 5.23. The highest BCUT2D eigenvalue weighted by Crippen LogP contribution is 2.47. The van der Waals surface area contributed by atoms with Crippen LogP contribution in [0.15, 0.2) is 47.5 Å². The van der Waals surface area contributed by atoms with Gasteiger partial charge in [0.15, 0.2) is 17.5 Å². The molecule has 1 saturated carbocycles. The van der Waals surface area contributed by atoms with E-state index in [-0.39, 0.29) is 24.4 Å². The van der Waals surface area contributed by atoms with Crippen LogP contribution < -0.4 is 20.1 Å². The van der Waals surface area contributed by atoms with Gasteiger partial charge in [0.05, 0.1) is 20.3 Å². The number of halogens is 1. The molecule has 3 rings (SSSR count). The Morgan fingerprint density at radius 2 is 2.00 bits per heavy atom. The molecule has 7 heteroatoms. The minimum Gasteiger partial charge on any atom is -0.493 e. The molecule has 0 aliphatic heterocycles. The fourth-order valence-corrected chi connectivity index (χ4v) is 3.39. The summed E-state index contributed by atoms with van der Waals surface area (Å²) in [5, 5.41) is 15.6. The number of guanidine groups is 1. The zero-order chi connectivity index (χ0) is 21.4. The summed E-state index contributed by atoms with van der Waals surface area (Å²) in [6.45, 7) is 4.11. The summed E-state index contributed by atoms with van der Waals surface area (Å²) < 4.78 is 24.5. The van der Waals surface area contributed by atoms with Crippen LogP contribution in [0.3, 0.4) is 0 Å². The molecule has 0 saturated heterocycles. The van der Waals surface area contributed by atoms with Crippen molar-refractivity contribution in [3.63, 3.8) is 0 Å². The topological polar surface area (TPSA) is 75.1 Å². The van der Waals surface area contributed by atoms with Gasteiger partial charge in [-0.25, -0.2) is 9.38 Å². The highest BCUT2D eigenvalue weighted by Gasteiger charge is 2.44. The number of benzene rings is 2. The number of aliphatic hydroxyl groups excluding tert-OH is 1. The molecule has 0 atom stereocenters. The van der Waals surface area contributed by atoms with Crippen LogP contribution >= 0.6 is 0 Å². The van der Waals surface area contributed by atoms with Gasteiger partial charge in [-0.05, 0) is 55.2 Å². The van der Waals surface area contributed by atoms with Crippen LogP contribution in [0.1, 0.15) is 30.9 Å². The van der Waals surface area contributed by atoms with Crippen molar-refractivity contribution in [2.45, 2.75) is 31.7 Å². The third kappa shape index (κ3) is 5.63. The Morgan fingerprint density at radius 3 is 2.67 bits per heavy atom. The lowest BCUT2D eigenvalue weighted by molar-refractivity contribution is 0.196. The molecule has 0 spiro atoms. The number of rotatable bonds is 10. The number of methoxy groups -OCH3 is 1. The lowest BCUT2D eigenvalue weighted by atomic mass is 9.96. The van der Waals surface area contributed by atoms with Gasteiger partial charge in [-0.1, -0.05) is 18.2 Å². The minimum absolute atomic E-state index is 0.0206. The molecule has 0 unspecified atom stereocenters. The molecular formula is C23H30FN3O3. The van der Waals surface area contributed by atoms with Gasteiger partial charge >= 0.3 is 0 Å². The molecule has 3 N–H and O–H groups in total. The molecular weight excluding hydrogens is 385 g/mol. The Labute approximate surface area is 177 Å². The fourth-order valence-electron chi connectivity index (χ4n) is 3.39. The van der Waals surface area contributed by atoms with E-state index >= 15 is 0 Å². The van der Waals surface area contributed by atoms with Gasteiger partial charge in [-0.15, -0.1) is 0 Å². The maximum absolute atomic E-state index is 13.6. The summed E-state index contributed by atoms with van der Waals surface area (Å²) in [6.07, 6.45) is 2.07. The van der Waals surface area contributed by atoms with Gasteiger partial charge in [0.25, 0.3) is 0 Å². The average Bonchev–Trinajstić information content (AvgIpc) is 3.55. The first-order valence-electron chi connectivity index (χ1n) is 10.3. The van der Waals surface area contributed by atoms with E-state index in [1.165, 1.54) is 6.07 Å².